The predicted molar refractivity (Wildman–Crippen MR) is 67.6 cm³/mol. The number of aromatic hydroxyl groups is 1. The first-order valence-electron chi connectivity index (χ1n) is 5.57. The number of methoxy groups -OCH3 is 1. The Hall–Kier alpha value is -2.07. The van der Waals surface area contributed by atoms with E-state index in [2.05, 4.69) is 4.98 Å². The largest absolute Gasteiger partial charge is 0.508 e. The summed E-state index contributed by atoms with van der Waals surface area (Å²) in [6.07, 6.45) is 1.60. The lowest BCUT2D eigenvalue weighted by molar-refractivity contribution is 0.0938. The molecular weight excluding hydrogens is 230 g/mol. The minimum atomic E-state index is -1.28. The number of ether oxygens (including phenoxy) is 1. The molecule has 2 rings (SSSR count). The van der Waals surface area contributed by atoms with Gasteiger partial charge in [0.05, 0.1) is 7.11 Å². The minimum absolute atomic E-state index is 0.155. The molecule has 2 N–H and O–H groups in total. The zero-order valence-corrected chi connectivity index (χ0v) is 10.3. The van der Waals surface area contributed by atoms with E-state index < -0.39 is 5.60 Å². The van der Waals surface area contributed by atoms with Gasteiger partial charge in [-0.25, -0.2) is 0 Å². The van der Waals surface area contributed by atoms with E-state index in [1.54, 1.807) is 37.4 Å². The predicted octanol–water partition coefficient (Wildman–Crippen LogP) is 2.05. The maximum absolute atomic E-state index is 10.6. The molecule has 0 saturated heterocycles. The Bertz CT molecular complexity index is 535. The van der Waals surface area contributed by atoms with Gasteiger partial charge in [-0.15, -0.1) is 0 Å². The van der Waals surface area contributed by atoms with Gasteiger partial charge in [0.25, 0.3) is 0 Å². The van der Waals surface area contributed by atoms with Crippen molar-refractivity contribution in [1.82, 2.24) is 4.98 Å². The van der Waals surface area contributed by atoms with E-state index in [4.69, 9.17) is 4.74 Å². The van der Waals surface area contributed by atoms with Crippen LogP contribution < -0.4 is 4.74 Å². The molecule has 1 aromatic carbocycles. The Morgan fingerprint density at radius 2 is 1.83 bits per heavy atom. The van der Waals surface area contributed by atoms with E-state index in [0.717, 1.165) is 0 Å². The van der Waals surface area contributed by atoms with Gasteiger partial charge in [0, 0.05) is 6.20 Å². The maximum atomic E-state index is 10.6. The van der Waals surface area contributed by atoms with Crippen molar-refractivity contribution in [2.45, 2.75) is 12.5 Å². The SMILES string of the molecule is COc1cccnc1C(C)(O)c1ccc(O)cc1. The van der Waals surface area contributed by atoms with E-state index in [9.17, 15) is 10.2 Å². The van der Waals surface area contributed by atoms with Crippen LogP contribution in [-0.2, 0) is 5.60 Å². The third-order valence-electron chi connectivity index (χ3n) is 2.88. The van der Waals surface area contributed by atoms with Gasteiger partial charge in [0.15, 0.2) is 0 Å². The number of rotatable bonds is 3. The first-order chi connectivity index (χ1) is 8.55. The van der Waals surface area contributed by atoms with Crippen molar-refractivity contribution < 1.29 is 14.9 Å². The van der Waals surface area contributed by atoms with Crippen LogP contribution in [0.4, 0.5) is 0 Å². The number of nitrogens with zero attached hydrogens (tertiary/aromatic N) is 1. The first kappa shape index (κ1) is 12.4. The van der Waals surface area contributed by atoms with Gasteiger partial charge in [-0.3, -0.25) is 4.98 Å². The van der Waals surface area contributed by atoms with Crippen molar-refractivity contribution in [1.29, 1.82) is 0 Å². The molecule has 0 aliphatic heterocycles. The second kappa shape index (κ2) is 4.66. The smallest absolute Gasteiger partial charge is 0.143 e. The molecule has 1 atom stereocenters. The Labute approximate surface area is 106 Å². The molecule has 0 radical (unpaired) electrons. The summed E-state index contributed by atoms with van der Waals surface area (Å²) in [6, 6.07) is 9.86. The minimum Gasteiger partial charge on any atom is -0.508 e. The van der Waals surface area contributed by atoms with Gasteiger partial charge < -0.3 is 14.9 Å². The molecule has 0 fully saturated rings. The molecule has 94 valence electrons. The van der Waals surface area contributed by atoms with E-state index in [0.29, 0.717) is 17.0 Å². The Kier molecular flexibility index (Phi) is 3.21. The van der Waals surface area contributed by atoms with Gasteiger partial charge in [0.2, 0.25) is 0 Å². The summed E-state index contributed by atoms with van der Waals surface area (Å²) in [5, 5.41) is 19.9. The first-order valence-corrected chi connectivity index (χ1v) is 5.57. The summed E-state index contributed by atoms with van der Waals surface area (Å²) in [4.78, 5) is 4.18. The number of hydrogen-bond acceptors (Lipinski definition) is 4. The molecule has 0 aliphatic rings. The second-order valence-electron chi connectivity index (χ2n) is 4.17. The summed E-state index contributed by atoms with van der Waals surface area (Å²) in [6.45, 7) is 1.64. The highest BCUT2D eigenvalue weighted by atomic mass is 16.5. The van der Waals surface area contributed by atoms with Crippen LogP contribution >= 0.6 is 0 Å². The fraction of sp³-hybridized carbons (Fsp3) is 0.214. The van der Waals surface area contributed by atoms with Crippen molar-refractivity contribution in [2.75, 3.05) is 7.11 Å². The highest BCUT2D eigenvalue weighted by Gasteiger charge is 2.30. The van der Waals surface area contributed by atoms with E-state index in [1.807, 2.05) is 0 Å². The second-order valence-corrected chi connectivity index (χ2v) is 4.17. The average Bonchev–Trinajstić information content (AvgIpc) is 2.39. The highest BCUT2D eigenvalue weighted by Crippen LogP contribution is 2.33. The molecule has 0 bridgehead atoms. The van der Waals surface area contributed by atoms with Crippen LogP contribution in [0.2, 0.25) is 0 Å². The number of aliphatic hydroxyl groups is 1. The number of hydrogen-bond donors (Lipinski definition) is 2. The van der Waals surface area contributed by atoms with Gasteiger partial charge in [-0.1, -0.05) is 12.1 Å². The zero-order valence-electron chi connectivity index (χ0n) is 10.3. The van der Waals surface area contributed by atoms with Crippen molar-refractivity contribution in [3.05, 3.63) is 53.9 Å². The molecule has 0 spiro atoms. The molecule has 1 unspecified atom stereocenters. The van der Waals surface area contributed by atoms with Crippen LogP contribution in [-0.4, -0.2) is 22.3 Å². The number of aromatic nitrogens is 1. The Balaban J connectivity index is 2.50. The van der Waals surface area contributed by atoms with Crippen LogP contribution in [0.25, 0.3) is 0 Å². The molecule has 0 aliphatic carbocycles. The molecule has 4 nitrogen and oxygen atoms in total. The van der Waals surface area contributed by atoms with E-state index in [-0.39, 0.29) is 5.75 Å². The van der Waals surface area contributed by atoms with Crippen molar-refractivity contribution >= 4 is 0 Å². The molecule has 18 heavy (non-hydrogen) atoms. The fourth-order valence-corrected chi connectivity index (χ4v) is 1.84. The summed E-state index contributed by atoms with van der Waals surface area (Å²) in [7, 11) is 1.54. The fourth-order valence-electron chi connectivity index (χ4n) is 1.84. The van der Waals surface area contributed by atoms with Crippen LogP contribution in [0.5, 0.6) is 11.5 Å². The van der Waals surface area contributed by atoms with Gasteiger partial charge in [0.1, 0.15) is 22.8 Å². The Morgan fingerprint density at radius 3 is 2.44 bits per heavy atom. The van der Waals surface area contributed by atoms with Gasteiger partial charge >= 0.3 is 0 Å². The lowest BCUT2D eigenvalue weighted by Gasteiger charge is -2.24. The molecule has 2 aromatic rings. The third-order valence-corrected chi connectivity index (χ3v) is 2.88. The van der Waals surface area contributed by atoms with E-state index >= 15 is 0 Å². The molecular formula is C14H15NO3. The lowest BCUT2D eigenvalue weighted by Crippen LogP contribution is -2.24. The Morgan fingerprint density at radius 1 is 1.17 bits per heavy atom. The van der Waals surface area contributed by atoms with Gasteiger partial charge in [-0.05, 0) is 36.8 Å². The molecule has 1 heterocycles. The van der Waals surface area contributed by atoms with Crippen LogP contribution in [0.1, 0.15) is 18.2 Å². The average molecular weight is 245 g/mol. The maximum Gasteiger partial charge on any atom is 0.143 e. The summed E-state index contributed by atoms with van der Waals surface area (Å²) in [5.74, 6) is 0.679. The van der Waals surface area contributed by atoms with Crippen molar-refractivity contribution in [2.24, 2.45) is 0 Å². The standard InChI is InChI=1S/C14H15NO3/c1-14(17,10-5-7-11(16)8-6-10)13-12(18-2)4-3-9-15-13/h3-9,16-17H,1-2H3. The lowest BCUT2D eigenvalue weighted by atomic mass is 9.91. The number of phenolic OH excluding ortho intramolecular Hbond substituents is 1. The highest BCUT2D eigenvalue weighted by molar-refractivity contribution is 5.40. The monoisotopic (exact) mass is 245 g/mol. The van der Waals surface area contributed by atoms with Crippen LogP contribution in [0.3, 0.4) is 0 Å². The zero-order chi connectivity index (χ0) is 13.2. The van der Waals surface area contributed by atoms with E-state index in [1.165, 1.54) is 19.2 Å². The van der Waals surface area contributed by atoms with Crippen LogP contribution in [0.15, 0.2) is 42.6 Å². The number of phenols is 1. The third kappa shape index (κ3) is 2.15. The van der Waals surface area contributed by atoms with Crippen molar-refractivity contribution in [3.8, 4) is 11.5 Å². The van der Waals surface area contributed by atoms with Crippen molar-refractivity contribution in [3.63, 3.8) is 0 Å². The molecule has 4 heteroatoms. The summed E-state index contributed by atoms with van der Waals surface area (Å²) >= 11 is 0. The number of benzene rings is 1. The quantitative estimate of drug-likeness (QED) is 0.868. The van der Waals surface area contributed by atoms with Gasteiger partial charge in [-0.2, -0.15) is 0 Å². The summed E-state index contributed by atoms with van der Waals surface area (Å²) in [5.41, 5.74) is -0.198. The normalized spacial score (nSPS) is 13.9. The topological polar surface area (TPSA) is 62.6 Å². The molecule has 0 amide bonds. The number of pyridine rings is 1. The molecule has 0 saturated carbocycles. The molecule has 1 aromatic heterocycles. The van der Waals surface area contributed by atoms with Crippen LogP contribution in [0, 0.1) is 0 Å². The summed E-state index contributed by atoms with van der Waals surface area (Å²) < 4.78 is 5.21.